The van der Waals surface area contributed by atoms with Gasteiger partial charge in [-0.05, 0) is 18.1 Å². The van der Waals surface area contributed by atoms with Gasteiger partial charge in [0.25, 0.3) is 0 Å². The second kappa shape index (κ2) is 3.13. The Balaban J connectivity index is 3.14. The first kappa shape index (κ1) is 9.03. The molecule has 0 spiro atoms. The first-order valence-corrected chi connectivity index (χ1v) is 3.36. The maximum Gasteiger partial charge on any atom is 0.416 e. The molecule has 65 valence electrons. The molecule has 0 atom stereocenters. The van der Waals surface area contributed by atoms with Crippen LogP contribution in [0.25, 0.3) is 0 Å². The summed E-state index contributed by atoms with van der Waals surface area (Å²) in [5, 5.41) is 0. The molecular weight excluding hydrogens is 167 g/mol. The quantitative estimate of drug-likeness (QED) is 0.637. The molecule has 12 heavy (non-hydrogen) atoms. The van der Waals surface area contributed by atoms with Crippen LogP contribution in [0.4, 0.5) is 13.2 Å². The lowest BCUT2D eigenvalue weighted by molar-refractivity contribution is -0.138. The van der Waals surface area contributed by atoms with E-state index in [0.29, 0.717) is 0 Å². The van der Waals surface area contributed by atoms with E-state index in [1.54, 1.807) is 6.92 Å². The van der Waals surface area contributed by atoms with Crippen molar-refractivity contribution in [3.63, 3.8) is 0 Å². The van der Waals surface area contributed by atoms with E-state index >= 15 is 0 Å². The van der Waals surface area contributed by atoms with Crippen molar-refractivity contribution < 1.29 is 13.2 Å². The molecule has 0 N–H and O–H groups in total. The fraction of sp³-hybridized carbons (Fsp3) is 0.250. The molecule has 0 bridgehead atoms. The summed E-state index contributed by atoms with van der Waals surface area (Å²) >= 11 is 0. The Kier molecular flexibility index (Phi) is 2.35. The van der Waals surface area contributed by atoms with Crippen molar-refractivity contribution in [1.82, 2.24) is 4.98 Å². The van der Waals surface area contributed by atoms with Gasteiger partial charge in [-0.2, -0.15) is 13.2 Å². The zero-order chi connectivity index (χ0) is 9.19. The molecule has 0 fully saturated rings. The van der Waals surface area contributed by atoms with Gasteiger partial charge < -0.3 is 0 Å². The summed E-state index contributed by atoms with van der Waals surface area (Å²) in [6.07, 6.45) is -0.570. The molecule has 4 heteroatoms. The maximum absolute atomic E-state index is 12.2. The smallest absolute Gasteiger partial charge is 0.264 e. The normalized spacial score (nSPS) is 11.7. The third kappa shape index (κ3) is 1.75. The van der Waals surface area contributed by atoms with E-state index in [-0.39, 0.29) is 5.56 Å². The average Bonchev–Trinajstić information content (AvgIpc) is 2.03. The van der Waals surface area contributed by atoms with E-state index < -0.39 is 11.7 Å². The number of rotatable bonds is 1. The van der Waals surface area contributed by atoms with Gasteiger partial charge in [0.2, 0.25) is 0 Å². The molecule has 0 saturated carbocycles. The van der Waals surface area contributed by atoms with Gasteiger partial charge in [-0.15, -0.1) is 0 Å². The molecule has 1 aromatic heterocycles. The van der Waals surface area contributed by atoms with E-state index in [2.05, 4.69) is 4.98 Å². The van der Waals surface area contributed by atoms with E-state index in [4.69, 9.17) is 0 Å². The maximum atomic E-state index is 12.2. The van der Waals surface area contributed by atoms with Crippen LogP contribution in [0.5, 0.6) is 0 Å². The number of hydrogen-bond donors (Lipinski definition) is 0. The summed E-state index contributed by atoms with van der Waals surface area (Å²) in [5.74, 6) is 0. The van der Waals surface area contributed by atoms with E-state index in [9.17, 15) is 13.2 Å². The summed E-state index contributed by atoms with van der Waals surface area (Å²) in [6, 6.07) is 0.968. The van der Waals surface area contributed by atoms with Crippen LogP contribution >= 0.6 is 0 Å². The molecule has 1 radical (unpaired) electrons. The Morgan fingerprint density at radius 1 is 1.42 bits per heavy atom. The Labute approximate surface area is 68.2 Å². The summed E-state index contributed by atoms with van der Waals surface area (Å²) in [6.45, 7) is 1.55. The lowest BCUT2D eigenvalue weighted by atomic mass is 10.1. The lowest BCUT2D eigenvalue weighted by Gasteiger charge is -2.09. The topological polar surface area (TPSA) is 12.9 Å². The molecular formula is C8H7F3N. The molecule has 1 aromatic rings. The second-order valence-electron chi connectivity index (χ2n) is 2.25. The molecule has 0 aromatic carbocycles. The molecule has 0 aliphatic heterocycles. The summed E-state index contributed by atoms with van der Waals surface area (Å²) in [4.78, 5) is 3.60. The highest BCUT2D eigenvalue weighted by Gasteiger charge is 2.32. The van der Waals surface area contributed by atoms with Crippen LogP contribution in [0.15, 0.2) is 18.5 Å². The minimum atomic E-state index is -4.29. The highest BCUT2D eigenvalue weighted by molar-refractivity contribution is 5.31. The molecule has 1 nitrogen and oxygen atoms in total. The van der Waals surface area contributed by atoms with Crippen LogP contribution in [-0.2, 0) is 6.18 Å². The van der Waals surface area contributed by atoms with Crippen molar-refractivity contribution in [2.45, 2.75) is 13.1 Å². The van der Waals surface area contributed by atoms with Gasteiger partial charge in [-0.25, -0.2) is 0 Å². The fourth-order valence-electron chi connectivity index (χ4n) is 0.895. The number of hydrogen-bond acceptors (Lipinski definition) is 1. The predicted molar refractivity (Wildman–Crippen MR) is 38.3 cm³/mol. The van der Waals surface area contributed by atoms with Gasteiger partial charge in [0.1, 0.15) is 0 Å². The largest absolute Gasteiger partial charge is 0.416 e. The van der Waals surface area contributed by atoms with Gasteiger partial charge in [0, 0.05) is 12.4 Å². The number of alkyl halides is 3. The molecule has 0 aliphatic carbocycles. The number of halogens is 3. The highest BCUT2D eigenvalue weighted by Crippen LogP contribution is 2.31. The van der Waals surface area contributed by atoms with E-state index in [1.807, 2.05) is 0 Å². The van der Waals surface area contributed by atoms with Crippen molar-refractivity contribution in [2.24, 2.45) is 0 Å². The monoisotopic (exact) mass is 174 g/mol. The molecule has 0 saturated heterocycles. The summed E-state index contributed by atoms with van der Waals surface area (Å²) in [5.41, 5.74) is -0.523. The van der Waals surface area contributed by atoms with Crippen molar-refractivity contribution in [3.8, 4) is 0 Å². The van der Waals surface area contributed by atoms with Crippen LogP contribution in [0, 0.1) is 6.42 Å². The van der Waals surface area contributed by atoms with Gasteiger partial charge >= 0.3 is 6.18 Å². The number of pyridine rings is 1. The highest BCUT2D eigenvalue weighted by atomic mass is 19.4. The first-order chi connectivity index (χ1) is 5.55. The standard InChI is InChI=1S/C8H7F3N/c1-2-6-5-12-4-3-7(6)8(9,10)11/h2-5H,1H3. The minimum absolute atomic E-state index is 0.116. The first-order valence-electron chi connectivity index (χ1n) is 3.36. The minimum Gasteiger partial charge on any atom is -0.264 e. The van der Waals surface area contributed by atoms with Crippen molar-refractivity contribution in [1.29, 1.82) is 0 Å². The van der Waals surface area contributed by atoms with Crippen molar-refractivity contribution >= 4 is 0 Å². The average molecular weight is 174 g/mol. The molecule has 0 amide bonds. The lowest BCUT2D eigenvalue weighted by Crippen LogP contribution is -2.08. The van der Waals surface area contributed by atoms with E-state index in [0.717, 1.165) is 12.3 Å². The molecule has 1 heterocycles. The molecule has 1 rings (SSSR count). The Bertz CT molecular complexity index is 267. The zero-order valence-corrected chi connectivity index (χ0v) is 6.39. The van der Waals surface area contributed by atoms with Gasteiger partial charge in [-0.3, -0.25) is 4.98 Å². The third-order valence-electron chi connectivity index (χ3n) is 1.47. The molecule has 0 aliphatic rings. The van der Waals surface area contributed by atoms with Crippen LogP contribution < -0.4 is 0 Å². The van der Waals surface area contributed by atoms with Gasteiger partial charge in [-0.1, -0.05) is 6.92 Å². The number of aromatic nitrogens is 1. The van der Waals surface area contributed by atoms with Crippen LogP contribution in [0.1, 0.15) is 18.1 Å². The van der Waals surface area contributed by atoms with Gasteiger partial charge in [0.15, 0.2) is 0 Å². The Morgan fingerprint density at radius 2 is 2.08 bits per heavy atom. The van der Waals surface area contributed by atoms with E-state index in [1.165, 1.54) is 12.6 Å². The number of nitrogens with zero attached hydrogens (tertiary/aromatic N) is 1. The predicted octanol–water partition coefficient (Wildman–Crippen LogP) is 2.67. The van der Waals surface area contributed by atoms with Crippen LogP contribution in [-0.4, -0.2) is 4.98 Å². The van der Waals surface area contributed by atoms with Crippen molar-refractivity contribution in [2.75, 3.05) is 0 Å². The van der Waals surface area contributed by atoms with Crippen LogP contribution in [0.2, 0.25) is 0 Å². The fourth-order valence-corrected chi connectivity index (χ4v) is 0.895. The summed E-state index contributed by atoms with van der Waals surface area (Å²) in [7, 11) is 0. The SMILES string of the molecule is C[CH]c1cnccc1C(F)(F)F. The third-order valence-corrected chi connectivity index (χ3v) is 1.47. The van der Waals surface area contributed by atoms with Crippen LogP contribution in [0.3, 0.4) is 0 Å². The van der Waals surface area contributed by atoms with Crippen molar-refractivity contribution in [3.05, 3.63) is 36.0 Å². The zero-order valence-electron chi connectivity index (χ0n) is 6.39. The van der Waals surface area contributed by atoms with Gasteiger partial charge in [0.05, 0.1) is 5.56 Å². The Morgan fingerprint density at radius 3 is 2.50 bits per heavy atom. The Hall–Kier alpha value is -1.06. The summed E-state index contributed by atoms with van der Waals surface area (Å²) < 4.78 is 36.6. The second-order valence-corrected chi connectivity index (χ2v) is 2.25. The molecule has 0 unspecified atom stereocenters.